The Kier molecular flexibility index (Phi) is 16.9. The van der Waals surface area contributed by atoms with Crippen molar-refractivity contribution in [1.29, 1.82) is 0 Å². The number of unbranched alkanes of at least 4 members (excludes halogenated alkanes) is 14. The number of amides is 1. The molecule has 2 atom stereocenters. The molecule has 0 bridgehead atoms. The van der Waals surface area contributed by atoms with Crippen LogP contribution in [0.2, 0.25) is 0 Å². The third kappa shape index (κ3) is 12.4. The highest BCUT2D eigenvalue weighted by molar-refractivity contribution is 5.76. The Hall–Kier alpha value is -0.870. The maximum atomic E-state index is 12.5. The maximum Gasteiger partial charge on any atom is 0.222 e. The number of hydrogen-bond acceptors (Lipinski definition) is 3. The van der Waals surface area contributed by atoms with Crippen LogP contribution in [0.1, 0.15) is 136 Å². The van der Waals surface area contributed by atoms with E-state index in [-0.39, 0.29) is 12.5 Å². The Morgan fingerprint density at radius 3 is 1.78 bits per heavy atom. The van der Waals surface area contributed by atoms with Crippen molar-refractivity contribution in [3.05, 3.63) is 11.1 Å². The molecule has 0 heterocycles. The highest BCUT2D eigenvalue weighted by Gasteiger charge is 2.35. The Labute approximate surface area is 198 Å². The molecule has 0 aromatic rings. The average molecular weight is 452 g/mol. The van der Waals surface area contributed by atoms with Crippen LogP contribution in [0.5, 0.6) is 0 Å². The van der Waals surface area contributed by atoms with Gasteiger partial charge in [-0.05, 0) is 31.3 Å². The first kappa shape index (κ1) is 29.2. The molecule has 0 radical (unpaired) electrons. The van der Waals surface area contributed by atoms with Gasteiger partial charge < -0.3 is 15.1 Å². The van der Waals surface area contributed by atoms with Gasteiger partial charge >= 0.3 is 0 Å². The van der Waals surface area contributed by atoms with Crippen LogP contribution in [0.15, 0.2) is 11.1 Å². The molecule has 0 aromatic carbocycles. The molecule has 4 heteroatoms. The summed E-state index contributed by atoms with van der Waals surface area (Å²) in [6.07, 6.45) is 22.1. The van der Waals surface area contributed by atoms with Crippen LogP contribution in [0, 0.1) is 0 Å². The summed E-state index contributed by atoms with van der Waals surface area (Å²) in [4.78, 5) is 14.1. The van der Waals surface area contributed by atoms with Crippen LogP contribution in [0.3, 0.4) is 0 Å². The lowest BCUT2D eigenvalue weighted by Crippen LogP contribution is -2.46. The van der Waals surface area contributed by atoms with E-state index in [1.54, 1.807) is 11.9 Å². The highest BCUT2D eigenvalue weighted by Crippen LogP contribution is 2.39. The van der Waals surface area contributed by atoms with Crippen molar-refractivity contribution in [1.82, 2.24) is 4.90 Å². The van der Waals surface area contributed by atoms with E-state index in [9.17, 15) is 15.0 Å². The summed E-state index contributed by atoms with van der Waals surface area (Å²) in [7, 11) is 1.73. The standard InChI is InChI=1S/C28H53NO3/c1-4-6-8-10-11-12-13-14-15-17-18-20-24-22-25(24)28(32)26(23-30)29(3)27(31)21-19-16-9-7-5-2/h26,28,30,32H,4-23H2,1-3H3/t26-,28+/m0/s1. The minimum atomic E-state index is -0.711. The maximum absolute atomic E-state index is 12.5. The number of allylic oxidation sites excluding steroid dienone is 1. The molecule has 1 rings (SSSR count). The van der Waals surface area contributed by atoms with Crippen molar-refractivity contribution in [2.45, 2.75) is 148 Å². The number of rotatable bonds is 22. The van der Waals surface area contributed by atoms with Crippen molar-refractivity contribution in [3.63, 3.8) is 0 Å². The number of aliphatic hydroxyl groups excluding tert-OH is 2. The molecular weight excluding hydrogens is 398 g/mol. The SMILES string of the molecule is CCCCCCCCCCCCCC1=C([C@@H](O)[C@H](CO)N(C)C(=O)CCCCCCC)C1. The van der Waals surface area contributed by atoms with E-state index in [1.165, 1.54) is 95.5 Å². The number of aliphatic hydroxyl groups is 2. The van der Waals surface area contributed by atoms with Gasteiger partial charge in [-0.25, -0.2) is 0 Å². The van der Waals surface area contributed by atoms with E-state index in [2.05, 4.69) is 13.8 Å². The summed E-state index contributed by atoms with van der Waals surface area (Å²) in [6, 6.07) is -0.511. The third-order valence-electron chi connectivity index (χ3n) is 7.11. The molecule has 1 aliphatic rings. The molecular formula is C28H53NO3. The molecule has 32 heavy (non-hydrogen) atoms. The van der Waals surface area contributed by atoms with Crippen LogP contribution in [-0.4, -0.2) is 46.8 Å². The van der Waals surface area contributed by atoms with E-state index < -0.39 is 12.1 Å². The number of hydrogen-bond donors (Lipinski definition) is 2. The molecule has 0 saturated carbocycles. The van der Waals surface area contributed by atoms with Gasteiger partial charge in [-0.3, -0.25) is 4.79 Å². The Balaban J connectivity index is 2.18. The lowest BCUT2D eigenvalue weighted by atomic mass is 10.0. The largest absolute Gasteiger partial charge is 0.394 e. The topological polar surface area (TPSA) is 60.8 Å². The molecule has 0 aliphatic heterocycles. The molecule has 0 unspecified atom stereocenters. The van der Waals surface area contributed by atoms with E-state index in [0.717, 1.165) is 31.3 Å². The summed E-state index contributed by atoms with van der Waals surface area (Å²) in [5.41, 5.74) is 2.42. The van der Waals surface area contributed by atoms with Gasteiger partial charge in [0.05, 0.1) is 18.8 Å². The zero-order chi connectivity index (χ0) is 23.6. The van der Waals surface area contributed by atoms with Crippen LogP contribution in [0.25, 0.3) is 0 Å². The van der Waals surface area contributed by atoms with Gasteiger partial charge in [0, 0.05) is 13.5 Å². The zero-order valence-electron chi connectivity index (χ0n) is 21.5. The summed E-state index contributed by atoms with van der Waals surface area (Å²) in [5, 5.41) is 20.6. The summed E-state index contributed by atoms with van der Waals surface area (Å²) >= 11 is 0. The van der Waals surface area contributed by atoms with Gasteiger partial charge in [0.1, 0.15) is 0 Å². The molecule has 0 saturated heterocycles. The van der Waals surface area contributed by atoms with E-state index in [1.807, 2.05) is 0 Å². The first-order valence-electron chi connectivity index (χ1n) is 13.8. The number of carbonyl (C=O) groups excluding carboxylic acids is 1. The third-order valence-corrected chi connectivity index (χ3v) is 7.11. The van der Waals surface area contributed by atoms with E-state index in [0.29, 0.717) is 6.42 Å². The normalized spacial score (nSPS) is 15.2. The first-order valence-corrected chi connectivity index (χ1v) is 13.8. The monoisotopic (exact) mass is 451 g/mol. The predicted molar refractivity (Wildman–Crippen MR) is 136 cm³/mol. The molecule has 0 fully saturated rings. The number of nitrogens with zero attached hydrogens (tertiary/aromatic N) is 1. The summed E-state index contributed by atoms with van der Waals surface area (Å²) in [6.45, 7) is 4.27. The molecule has 2 N–H and O–H groups in total. The van der Waals surface area contributed by atoms with E-state index >= 15 is 0 Å². The fourth-order valence-corrected chi connectivity index (χ4v) is 4.66. The van der Waals surface area contributed by atoms with Crippen molar-refractivity contribution < 1.29 is 15.0 Å². The van der Waals surface area contributed by atoms with Gasteiger partial charge in [0.2, 0.25) is 5.91 Å². The second-order valence-electron chi connectivity index (χ2n) is 9.95. The zero-order valence-corrected chi connectivity index (χ0v) is 21.5. The lowest BCUT2D eigenvalue weighted by molar-refractivity contribution is -0.135. The Bertz CT molecular complexity index is 517. The predicted octanol–water partition coefficient (Wildman–Crippen LogP) is 6.93. The first-order chi connectivity index (χ1) is 15.6. The fourth-order valence-electron chi connectivity index (χ4n) is 4.66. The summed E-state index contributed by atoms with van der Waals surface area (Å²) in [5.74, 6) is 0.0350. The van der Waals surface area contributed by atoms with Gasteiger partial charge in [0.15, 0.2) is 0 Å². The van der Waals surface area contributed by atoms with Crippen LogP contribution < -0.4 is 0 Å². The molecule has 0 aromatic heterocycles. The fraction of sp³-hybridized carbons (Fsp3) is 0.893. The highest BCUT2D eigenvalue weighted by atomic mass is 16.3. The van der Waals surface area contributed by atoms with E-state index in [4.69, 9.17) is 0 Å². The van der Waals surface area contributed by atoms with Gasteiger partial charge in [-0.15, -0.1) is 0 Å². The second kappa shape index (κ2) is 18.5. The van der Waals surface area contributed by atoms with Gasteiger partial charge in [-0.2, -0.15) is 0 Å². The van der Waals surface area contributed by atoms with Crippen LogP contribution in [-0.2, 0) is 4.79 Å². The van der Waals surface area contributed by atoms with Crippen molar-refractivity contribution in [2.75, 3.05) is 13.7 Å². The lowest BCUT2D eigenvalue weighted by Gasteiger charge is -2.30. The Morgan fingerprint density at radius 1 is 0.812 bits per heavy atom. The van der Waals surface area contributed by atoms with Crippen molar-refractivity contribution in [2.24, 2.45) is 0 Å². The van der Waals surface area contributed by atoms with Crippen LogP contribution in [0.4, 0.5) is 0 Å². The quantitative estimate of drug-likeness (QED) is 0.139. The minimum absolute atomic E-state index is 0.0350. The smallest absolute Gasteiger partial charge is 0.222 e. The average Bonchev–Trinajstić information content (AvgIpc) is 3.57. The number of likely N-dealkylation sites (N-methyl/N-ethyl adjacent to an activating group) is 1. The second-order valence-corrected chi connectivity index (χ2v) is 9.95. The summed E-state index contributed by atoms with van der Waals surface area (Å²) < 4.78 is 0. The Morgan fingerprint density at radius 2 is 1.28 bits per heavy atom. The van der Waals surface area contributed by atoms with Crippen LogP contribution >= 0.6 is 0 Å². The van der Waals surface area contributed by atoms with Crippen molar-refractivity contribution in [3.8, 4) is 0 Å². The number of carbonyl (C=O) groups is 1. The molecule has 1 amide bonds. The van der Waals surface area contributed by atoms with Crippen molar-refractivity contribution >= 4 is 5.91 Å². The molecule has 188 valence electrons. The van der Waals surface area contributed by atoms with Gasteiger partial charge in [0.25, 0.3) is 0 Å². The van der Waals surface area contributed by atoms with Gasteiger partial charge in [-0.1, -0.05) is 109 Å². The minimum Gasteiger partial charge on any atom is -0.394 e. The molecule has 0 spiro atoms. The molecule has 1 aliphatic carbocycles. The molecule has 4 nitrogen and oxygen atoms in total.